The van der Waals surface area contributed by atoms with Gasteiger partial charge in [0.2, 0.25) is 0 Å². The third kappa shape index (κ3) is 3.32. The van der Waals surface area contributed by atoms with Crippen LogP contribution in [0.1, 0.15) is 22.5 Å². The van der Waals surface area contributed by atoms with Gasteiger partial charge in [-0.1, -0.05) is 18.2 Å². The molecule has 2 aromatic heterocycles. The third-order valence-corrected chi connectivity index (χ3v) is 4.71. The lowest BCUT2D eigenvalue weighted by Gasteiger charge is -2.24. The van der Waals surface area contributed by atoms with Crippen molar-refractivity contribution in [3.05, 3.63) is 66.1 Å². The van der Waals surface area contributed by atoms with E-state index in [1.54, 1.807) is 24.5 Å². The van der Waals surface area contributed by atoms with Gasteiger partial charge in [-0.2, -0.15) is 13.2 Å². The second kappa shape index (κ2) is 6.57. The number of Topliss-reactive ketones (excluding diaryl/α,β-unsaturated/α-hetero) is 1. The van der Waals surface area contributed by atoms with Gasteiger partial charge in [-0.25, -0.2) is 0 Å². The van der Waals surface area contributed by atoms with Crippen LogP contribution < -0.4 is 5.32 Å². The lowest BCUT2D eigenvalue weighted by molar-refractivity contribution is -0.174. The van der Waals surface area contributed by atoms with Crippen LogP contribution in [0.5, 0.6) is 0 Å². The topological polar surface area (TPSA) is 57.8 Å². The number of nitrogens with one attached hydrogen (secondary N) is 2. The zero-order chi connectivity index (χ0) is 19.0. The zero-order valence-corrected chi connectivity index (χ0v) is 14.2. The van der Waals surface area contributed by atoms with Crippen molar-refractivity contribution in [2.75, 3.05) is 5.32 Å². The Balaban J connectivity index is 1.84. The number of pyridine rings is 1. The highest BCUT2D eigenvalue weighted by atomic mass is 19.4. The molecule has 4 rings (SSSR count). The first-order valence-corrected chi connectivity index (χ1v) is 8.50. The van der Waals surface area contributed by atoms with Crippen LogP contribution in [0, 0.1) is 5.92 Å². The van der Waals surface area contributed by atoms with Crippen molar-refractivity contribution in [3.63, 3.8) is 0 Å². The molecular weight excluding hydrogens is 355 g/mol. The molecule has 7 heteroatoms. The fourth-order valence-corrected chi connectivity index (χ4v) is 3.41. The summed E-state index contributed by atoms with van der Waals surface area (Å²) < 4.78 is 39.6. The molecule has 0 amide bonds. The molecule has 2 N–H and O–H groups in total. The van der Waals surface area contributed by atoms with Gasteiger partial charge in [0.25, 0.3) is 0 Å². The van der Waals surface area contributed by atoms with Crippen LogP contribution in [0.15, 0.2) is 54.9 Å². The number of nitrogens with zero attached hydrogens (tertiary/aromatic N) is 1. The van der Waals surface area contributed by atoms with Crippen molar-refractivity contribution in [2.45, 2.75) is 19.0 Å². The molecule has 0 bridgehead atoms. The number of alkyl halides is 3. The van der Waals surface area contributed by atoms with Crippen molar-refractivity contribution in [3.8, 4) is 11.3 Å². The van der Waals surface area contributed by atoms with E-state index >= 15 is 0 Å². The number of anilines is 2. The molecule has 1 aliphatic rings. The van der Waals surface area contributed by atoms with Crippen molar-refractivity contribution >= 4 is 17.2 Å². The number of aromatic nitrogens is 2. The van der Waals surface area contributed by atoms with Crippen LogP contribution in [-0.4, -0.2) is 21.9 Å². The summed E-state index contributed by atoms with van der Waals surface area (Å²) in [5.41, 5.74) is 3.22. The number of carbonyl (C=O) groups is 1. The Morgan fingerprint density at radius 2 is 1.74 bits per heavy atom. The smallest absolute Gasteiger partial charge is 0.356 e. The van der Waals surface area contributed by atoms with Crippen LogP contribution in [0.4, 0.5) is 24.5 Å². The molecule has 3 aromatic rings. The molecule has 0 saturated carbocycles. The van der Waals surface area contributed by atoms with Gasteiger partial charge in [0.15, 0.2) is 5.78 Å². The van der Waals surface area contributed by atoms with E-state index in [0.717, 1.165) is 11.3 Å². The second-order valence-corrected chi connectivity index (χ2v) is 6.53. The minimum atomic E-state index is -4.40. The molecule has 0 fully saturated rings. The summed E-state index contributed by atoms with van der Waals surface area (Å²) >= 11 is 0. The second-order valence-electron chi connectivity index (χ2n) is 6.53. The average molecular weight is 371 g/mol. The van der Waals surface area contributed by atoms with Crippen LogP contribution in [0.3, 0.4) is 0 Å². The predicted octanol–water partition coefficient (Wildman–Crippen LogP) is 5.13. The van der Waals surface area contributed by atoms with E-state index in [-0.39, 0.29) is 6.42 Å². The Morgan fingerprint density at radius 3 is 2.41 bits per heavy atom. The summed E-state index contributed by atoms with van der Waals surface area (Å²) in [6.45, 7) is 0. The van der Waals surface area contributed by atoms with Gasteiger partial charge in [-0.3, -0.25) is 9.78 Å². The number of carbonyl (C=O) groups excluding carboxylic acids is 1. The van der Waals surface area contributed by atoms with Crippen molar-refractivity contribution < 1.29 is 18.0 Å². The summed E-state index contributed by atoms with van der Waals surface area (Å²) in [7, 11) is 0. The Labute approximate surface area is 153 Å². The Bertz CT molecular complexity index is 965. The SMILES string of the molecule is O=C1C[C@H](C(F)(F)F)Cc2[nH]c(-c3ccncc3)c(Nc3ccccc3)c21. The van der Waals surface area contributed by atoms with Crippen LogP contribution >= 0.6 is 0 Å². The minimum absolute atomic E-state index is 0.237. The first-order valence-electron chi connectivity index (χ1n) is 8.50. The Kier molecular flexibility index (Phi) is 4.22. The summed E-state index contributed by atoms with van der Waals surface area (Å²) in [5.74, 6) is -2.17. The average Bonchev–Trinajstić information content (AvgIpc) is 3.01. The van der Waals surface area contributed by atoms with Gasteiger partial charge in [0.1, 0.15) is 0 Å². The van der Waals surface area contributed by atoms with E-state index in [4.69, 9.17) is 0 Å². The molecule has 0 unspecified atom stereocenters. The maximum atomic E-state index is 13.2. The minimum Gasteiger partial charge on any atom is -0.356 e. The summed E-state index contributed by atoms with van der Waals surface area (Å²) in [4.78, 5) is 19.7. The largest absolute Gasteiger partial charge is 0.392 e. The quantitative estimate of drug-likeness (QED) is 0.671. The number of benzene rings is 1. The number of halogens is 3. The van der Waals surface area contributed by atoms with E-state index in [1.165, 1.54) is 0 Å². The maximum absolute atomic E-state index is 13.2. The summed E-state index contributed by atoms with van der Waals surface area (Å²) in [6, 6.07) is 12.7. The molecule has 27 heavy (non-hydrogen) atoms. The molecule has 1 atom stereocenters. The van der Waals surface area contributed by atoms with Gasteiger partial charge in [-0.15, -0.1) is 0 Å². The number of ketones is 1. The zero-order valence-electron chi connectivity index (χ0n) is 14.2. The molecule has 2 heterocycles. The molecular formula is C20H16F3N3O. The van der Waals surface area contributed by atoms with Gasteiger partial charge >= 0.3 is 6.18 Å². The number of hydrogen-bond donors (Lipinski definition) is 2. The van der Waals surface area contributed by atoms with E-state index in [1.807, 2.05) is 30.3 Å². The number of aromatic amines is 1. The first-order chi connectivity index (χ1) is 12.9. The maximum Gasteiger partial charge on any atom is 0.392 e. The number of para-hydroxylation sites is 1. The van der Waals surface area contributed by atoms with Crippen molar-refractivity contribution in [2.24, 2.45) is 5.92 Å². The number of hydrogen-bond acceptors (Lipinski definition) is 3. The lowest BCUT2D eigenvalue weighted by atomic mass is 9.86. The van der Waals surface area contributed by atoms with Gasteiger partial charge in [0.05, 0.1) is 22.9 Å². The number of fused-ring (bicyclic) bond motifs is 1. The summed E-state index contributed by atoms with van der Waals surface area (Å²) in [5, 5.41) is 3.21. The molecule has 138 valence electrons. The number of H-pyrrole nitrogens is 1. The summed E-state index contributed by atoms with van der Waals surface area (Å²) in [6.07, 6.45) is -1.97. The molecule has 0 aliphatic heterocycles. The first kappa shape index (κ1) is 17.3. The van der Waals surface area contributed by atoms with Crippen LogP contribution in [-0.2, 0) is 6.42 Å². The standard InChI is InChI=1S/C20H16F3N3O/c21-20(22,23)13-10-15-17(16(27)11-13)19(25-14-4-2-1-3-5-14)18(26-15)12-6-8-24-9-7-12/h1-9,13,25-26H,10-11H2/t13-/m1/s1. The van der Waals surface area contributed by atoms with Crippen LogP contribution in [0.2, 0.25) is 0 Å². The fraction of sp³-hybridized carbons (Fsp3) is 0.200. The lowest BCUT2D eigenvalue weighted by Crippen LogP contribution is -2.31. The van der Waals surface area contributed by atoms with E-state index in [0.29, 0.717) is 22.6 Å². The number of rotatable bonds is 3. The van der Waals surface area contributed by atoms with E-state index in [9.17, 15) is 18.0 Å². The van der Waals surface area contributed by atoms with Crippen molar-refractivity contribution in [1.29, 1.82) is 0 Å². The fourth-order valence-electron chi connectivity index (χ4n) is 3.41. The third-order valence-electron chi connectivity index (χ3n) is 4.71. The Morgan fingerprint density at radius 1 is 1.04 bits per heavy atom. The van der Waals surface area contributed by atoms with E-state index < -0.39 is 24.3 Å². The molecule has 0 radical (unpaired) electrons. The van der Waals surface area contributed by atoms with Crippen molar-refractivity contribution in [1.82, 2.24) is 9.97 Å². The normalized spacial score (nSPS) is 16.9. The van der Waals surface area contributed by atoms with Gasteiger partial charge in [-0.05, 0) is 24.3 Å². The molecule has 1 aromatic carbocycles. The molecule has 0 saturated heterocycles. The highest BCUT2D eigenvalue weighted by molar-refractivity contribution is 6.07. The molecule has 1 aliphatic carbocycles. The van der Waals surface area contributed by atoms with E-state index in [2.05, 4.69) is 15.3 Å². The van der Waals surface area contributed by atoms with Crippen LogP contribution in [0.25, 0.3) is 11.3 Å². The highest BCUT2D eigenvalue weighted by Gasteiger charge is 2.45. The monoisotopic (exact) mass is 371 g/mol. The highest BCUT2D eigenvalue weighted by Crippen LogP contribution is 2.43. The van der Waals surface area contributed by atoms with Gasteiger partial charge < -0.3 is 10.3 Å². The molecule has 4 nitrogen and oxygen atoms in total. The molecule has 0 spiro atoms. The predicted molar refractivity (Wildman–Crippen MR) is 95.9 cm³/mol. The Hall–Kier alpha value is -3.09. The van der Waals surface area contributed by atoms with Gasteiger partial charge in [0, 0.05) is 42.2 Å².